The Morgan fingerprint density at radius 1 is 1.60 bits per heavy atom. The molecule has 0 spiro atoms. The van der Waals surface area contributed by atoms with Crippen molar-refractivity contribution >= 4 is 28.6 Å². The molecule has 0 aromatic carbocycles. The molecule has 0 aliphatic heterocycles. The van der Waals surface area contributed by atoms with Crippen molar-refractivity contribution in [3.05, 3.63) is 12.2 Å². The van der Waals surface area contributed by atoms with Crippen LogP contribution >= 0.6 is 23.5 Å². The summed E-state index contributed by atoms with van der Waals surface area (Å²) in [7, 11) is 0. The molecule has 0 aromatic heterocycles. The number of rotatable bonds is 7. The number of hydrogen-bond acceptors (Lipinski definition) is 5. The van der Waals surface area contributed by atoms with E-state index in [0.717, 1.165) is 22.3 Å². The van der Waals surface area contributed by atoms with Crippen LogP contribution in [0.5, 0.6) is 0 Å². The van der Waals surface area contributed by atoms with Crippen LogP contribution < -0.4 is 0 Å². The SMILES string of the molecule is C=C(C#N)/C(=N\CC)SCSCCCO. The predicted molar refractivity (Wildman–Crippen MR) is 69.3 cm³/mol. The van der Waals surface area contributed by atoms with Gasteiger partial charge < -0.3 is 5.11 Å². The summed E-state index contributed by atoms with van der Waals surface area (Å²) in [4.78, 5) is 4.21. The fraction of sp³-hybridized carbons (Fsp3) is 0.600. The zero-order valence-corrected chi connectivity index (χ0v) is 10.5. The molecule has 0 heterocycles. The van der Waals surface area contributed by atoms with Crippen LogP contribution in [0.4, 0.5) is 0 Å². The van der Waals surface area contributed by atoms with E-state index in [4.69, 9.17) is 10.4 Å². The Balaban J connectivity index is 3.84. The summed E-state index contributed by atoms with van der Waals surface area (Å²) in [6.45, 7) is 6.49. The zero-order chi connectivity index (χ0) is 11.5. The molecule has 3 nitrogen and oxygen atoms in total. The molecule has 0 bridgehead atoms. The first kappa shape index (κ1) is 14.6. The van der Waals surface area contributed by atoms with Crippen LogP contribution in [0.2, 0.25) is 0 Å². The lowest BCUT2D eigenvalue weighted by molar-refractivity contribution is 0.296. The molecule has 1 N–H and O–H groups in total. The highest BCUT2D eigenvalue weighted by Gasteiger charge is 2.03. The maximum atomic E-state index is 8.69. The Kier molecular flexibility index (Phi) is 9.79. The standard InChI is InChI=1S/C10H16N2OS2/c1-3-12-10(9(2)7-11)15-8-14-6-4-5-13/h13H,2-6,8H2,1H3/b12-10+. The zero-order valence-electron chi connectivity index (χ0n) is 8.90. The Hall–Kier alpha value is -0.440. The van der Waals surface area contributed by atoms with E-state index in [2.05, 4.69) is 11.6 Å². The van der Waals surface area contributed by atoms with E-state index in [-0.39, 0.29) is 6.61 Å². The molecule has 0 fully saturated rings. The molecule has 0 atom stereocenters. The van der Waals surface area contributed by atoms with E-state index in [9.17, 15) is 0 Å². The third kappa shape index (κ3) is 7.48. The van der Waals surface area contributed by atoms with Gasteiger partial charge >= 0.3 is 0 Å². The van der Waals surface area contributed by atoms with E-state index in [0.29, 0.717) is 12.1 Å². The first-order chi connectivity index (χ1) is 7.26. The Bertz CT molecular complexity index is 259. The molecule has 84 valence electrons. The number of aliphatic hydroxyl groups is 1. The number of aliphatic imine (C=N–C) groups is 1. The molecule has 0 aliphatic carbocycles. The summed E-state index contributed by atoms with van der Waals surface area (Å²) >= 11 is 3.27. The Morgan fingerprint density at radius 3 is 2.87 bits per heavy atom. The molecule has 0 unspecified atom stereocenters. The number of nitrogens with zero attached hydrogens (tertiary/aromatic N) is 2. The average molecular weight is 244 g/mol. The number of aliphatic hydroxyl groups excluding tert-OH is 1. The highest BCUT2D eigenvalue weighted by Crippen LogP contribution is 2.18. The molecule has 5 heteroatoms. The molecular formula is C10H16N2OS2. The molecule has 0 aliphatic rings. The quantitative estimate of drug-likeness (QED) is 0.245. The minimum Gasteiger partial charge on any atom is -0.396 e. The van der Waals surface area contributed by atoms with Crippen molar-refractivity contribution in [2.75, 3.05) is 24.0 Å². The monoisotopic (exact) mass is 244 g/mol. The van der Waals surface area contributed by atoms with Gasteiger partial charge in [0.1, 0.15) is 11.1 Å². The van der Waals surface area contributed by atoms with Gasteiger partial charge in [-0.05, 0) is 19.1 Å². The van der Waals surface area contributed by atoms with Crippen LogP contribution in [0.25, 0.3) is 0 Å². The van der Waals surface area contributed by atoms with Crippen LogP contribution in [0.1, 0.15) is 13.3 Å². The summed E-state index contributed by atoms with van der Waals surface area (Å²) in [6.07, 6.45) is 0.810. The van der Waals surface area contributed by atoms with Crippen LogP contribution in [-0.2, 0) is 0 Å². The number of thioether (sulfide) groups is 2. The van der Waals surface area contributed by atoms with Gasteiger partial charge in [-0.2, -0.15) is 17.0 Å². The van der Waals surface area contributed by atoms with E-state index in [1.165, 1.54) is 11.8 Å². The van der Waals surface area contributed by atoms with E-state index < -0.39 is 0 Å². The number of hydrogen-bond donors (Lipinski definition) is 1. The van der Waals surface area contributed by atoms with Crippen molar-refractivity contribution in [1.29, 1.82) is 5.26 Å². The Labute approximate surface area is 99.7 Å². The summed E-state index contributed by atoms with van der Waals surface area (Å²) < 4.78 is 0. The second-order valence-electron chi connectivity index (χ2n) is 2.62. The van der Waals surface area contributed by atoms with Crippen molar-refractivity contribution in [3.63, 3.8) is 0 Å². The molecule has 0 saturated carbocycles. The van der Waals surface area contributed by atoms with Gasteiger partial charge in [0.25, 0.3) is 0 Å². The molecule has 0 saturated heterocycles. The van der Waals surface area contributed by atoms with Gasteiger partial charge in [0.05, 0.1) is 5.57 Å². The van der Waals surface area contributed by atoms with Gasteiger partial charge in [-0.1, -0.05) is 18.3 Å². The van der Waals surface area contributed by atoms with E-state index >= 15 is 0 Å². The fourth-order valence-corrected chi connectivity index (χ4v) is 2.77. The molecule has 15 heavy (non-hydrogen) atoms. The molecule has 0 rings (SSSR count). The third-order valence-corrected chi connectivity index (χ3v) is 3.78. The van der Waals surface area contributed by atoms with Crippen molar-refractivity contribution in [2.45, 2.75) is 13.3 Å². The van der Waals surface area contributed by atoms with Gasteiger partial charge in [0.15, 0.2) is 0 Å². The topological polar surface area (TPSA) is 56.4 Å². The lowest BCUT2D eigenvalue weighted by Gasteiger charge is -2.03. The normalized spacial score (nSPS) is 11.1. The van der Waals surface area contributed by atoms with Gasteiger partial charge in [-0.15, -0.1) is 0 Å². The van der Waals surface area contributed by atoms with Crippen molar-refractivity contribution in [3.8, 4) is 6.07 Å². The largest absolute Gasteiger partial charge is 0.396 e. The predicted octanol–water partition coefficient (Wildman–Crippen LogP) is 2.29. The van der Waals surface area contributed by atoms with Crippen molar-refractivity contribution in [2.24, 2.45) is 4.99 Å². The van der Waals surface area contributed by atoms with Crippen molar-refractivity contribution < 1.29 is 5.11 Å². The van der Waals surface area contributed by atoms with E-state index in [1.54, 1.807) is 11.8 Å². The first-order valence-corrected chi connectivity index (χ1v) is 6.85. The summed E-state index contributed by atoms with van der Waals surface area (Å²) in [5.74, 6) is 0.932. The summed E-state index contributed by atoms with van der Waals surface area (Å²) in [6, 6.07) is 2.01. The fourth-order valence-electron chi connectivity index (χ4n) is 0.743. The Morgan fingerprint density at radius 2 is 2.33 bits per heavy atom. The van der Waals surface area contributed by atoms with E-state index in [1.807, 2.05) is 13.0 Å². The summed E-state index contributed by atoms with van der Waals surface area (Å²) in [5.41, 5.74) is 0.435. The lowest BCUT2D eigenvalue weighted by Crippen LogP contribution is -1.97. The van der Waals surface area contributed by atoms with Gasteiger partial charge in [0, 0.05) is 18.2 Å². The van der Waals surface area contributed by atoms with Gasteiger partial charge in [-0.3, -0.25) is 4.99 Å². The average Bonchev–Trinajstić information content (AvgIpc) is 2.26. The van der Waals surface area contributed by atoms with Crippen LogP contribution in [0.15, 0.2) is 17.1 Å². The molecular weight excluding hydrogens is 228 g/mol. The van der Waals surface area contributed by atoms with Crippen LogP contribution in [0, 0.1) is 11.3 Å². The minimum atomic E-state index is 0.235. The highest BCUT2D eigenvalue weighted by molar-refractivity contribution is 8.24. The summed E-state index contributed by atoms with van der Waals surface area (Å²) in [5, 5.41) is 18.9. The number of nitriles is 1. The van der Waals surface area contributed by atoms with Gasteiger partial charge in [-0.25, -0.2) is 0 Å². The smallest absolute Gasteiger partial charge is 0.108 e. The lowest BCUT2D eigenvalue weighted by atomic mass is 10.4. The molecule has 0 aromatic rings. The van der Waals surface area contributed by atoms with Gasteiger partial charge in [0.2, 0.25) is 0 Å². The third-order valence-electron chi connectivity index (χ3n) is 1.42. The first-order valence-electron chi connectivity index (χ1n) is 4.71. The maximum absolute atomic E-state index is 8.69. The van der Waals surface area contributed by atoms with Crippen LogP contribution in [0.3, 0.4) is 0 Å². The molecule has 0 radical (unpaired) electrons. The second kappa shape index (κ2) is 10.1. The second-order valence-corrected chi connectivity index (χ2v) is 5.05. The minimum absolute atomic E-state index is 0.235. The van der Waals surface area contributed by atoms with Crippen LogP contribution in [-0.4, -0.2) is 34.1 Å². The van der Waals surface area contributed by atoms with Crippen molar-refractivity contribution in [1.82, 2.24) is 0 Å². The molecule has 0 amide bonds. The highest BCUT2D eigenvalue weighted by atomic mass is 32.2. The maximum Gasteiger partial charge on any atom is 0.108 e.